The van der Waals surface area contributed by atoms with E-state index in [9.17, 15) is 8.42 Å². The molecule has 0 aliphatic heterocycles. The van der Waals surface area contributed by atoms with E-state index in [1.807, 2.05) is 13.8 Å². The first-order valence-corrected chi connectivity index (χ1v) is 10.1. The molecule has 9 heteroatoms. The highest BCUT2D eigenvalue weighted by Crippen LogP contribution is 2.28. The maximum Gasteiger partial charge on any atom is 0.243 e. The molecule has 1 aromatic rings. The average molecular weight is 390 g/mol. The van der Waals surface area contributed by atoms with E-state index in [2.05, 4.69) is 24.7 Å². The fourth-order valence-electron chi connectivity index (χ4n) is 2.25. The molecular weight excluding hydrogens is 360 g/mol. The number of hydrogen-bond donors (Lipinski definition) is 3. The third-order valence-corrected chi connectivity index (χ3v) is 5.97. The van der Waals surface area contributed by atoms with Crippen LogP contribution in [0.1, 0.15) is 13.8 Å². The van der Waals surface area contributed by atoms with E-state index in [0.717, 1.165) is 6.54 Å². The second kappa shape index (κ2) is 9.91. The van der Waals surface area contributed by atoms with Crippen molar-refractivity contribution in [3.8, 4) is 5.75 Å². The van der Waals surface area contributed by atoms with Gasteiger partial charge in [-0.2, -0.15) is 4.31 Å². The van der Waals surface area contributed by atoms with Crippen LogP contribution < -0.4 is 20.3 Å². The van der Waals surface area contributed by atoms with Gasteiger partial charge in [-0.05, 0) is 30.4 Å². The lowest BCUT2D eigenvalue weighted by Crippen LogP contribution is -3.06. The second-order valence-corrected chi connectivity index (χ2v) is 8.14. The maximum absolute atomic E-state index is 12.7. The van der Waals surface area contributed by atoms with Crippen LogP contribution in [-0.2, 0) is 10.0 Å². The summed E-state index contributed by atoms with van der Waals surface area (Å²) < 4.78 is 32.1. The number of benzene rings is 1. The predicted molar refractivity (Wildman–Crippen MR) is 105 cm³/mol. The fourth-order valence-corrected chi connectivity index (χ4v) is 3.95. The summed E-state index contributed by atoms with van der Waals surface area (Å²) in [4.78, 5) is 1.51. The number of thiocarbonyl (C=S) groups is 1. The van der Waals surface area contributed by atoms with Crippen LogP contribution in [0.2, 0.25) is 0 Å². The predicted octanol–water partition coefficient (Wildman–Crippen LogP) is 0.157. The van der Waals surface area contributed by atoms with Gasteiger partial charge in [0.05, 0.1) is 44.9 Å². The third-order valence-electron chi connectivity index (χ3n) is 3.67. The Morgan fingerprint density at radius 3 is 2.44 bits per heavy atom. The molecule has 0 bridgehead atoms. The van der Waals surface area contributed by atoms with E-state index in [0.29, 0.717) is 36.2 Å². The molecule has 0 saturated carbocycles. The fraction of sp³-hybridized carbons (Fsp3) is 0.562. The molecule has 0 amide bonds. The van der Waals surface area contributed by atoms with E-state index in [4.69, 9.17) is 17.0 Å². The van der Waals surface area contributed by atoms with Gasteiger partial charge in [0.25, 0.3) is 0 Å². The highest BCUT2D eigenvalue weighted by atomic mass is 32.2. The standard InChI is InChI=1S/C16H28N4O3S2/c1-6-20(7-2)25(21,22)13-8-9-15(23-5)14(12-13)18-16(24)17-10-11-19(3)4/h8-9,12H,6-7,10-11H2,1-5H3,(H2,17,18,24)/p+1. The average Bonchev–Trinajstić information content (AvgIpc) is 2.55. The SMILES string of the molecule is CCN(CC)S(=O)(=O)c1ccc(OC)c(NC(=S)NCC[NH+](C)C)c1. The Labute approximate surface area is 156 Å². The van der Waals surface area contributed by atoms with Crippen molar-refractivity contribution in [1.82, 2.24) is 9.62 Å². The Morgan fingerprint density at radius 1 is 1.28 bits per heavy atom. The van der Waals surface area contributed by atoms with E-state index in [1.54, 1.807) is 18.2 Å². The zero-order chi connectivity index (χ0) is 19.0. The minimum absolute atomic E-state index is 0.208. The summed E-state index contributed by atoms with van der Waals surface area (Å²) in [6, 6.07) is 4.73. The van der Waals surface area contributed by atoms with Gasteiger partial charge in [0.1, 0.15) is 5.75 Å². The van der Waals surface area contributed by atoms with Gasteiger partial charge in [0.15, 0.2) is 5.11 Å². The first-order chi connectivity index (χ1) is 11.8. The summed E-state index contributed by atoms with van der Waals surface area (Å²) in [5, 5.41) is 6.55. The van der Waals surface area contributed by atoms with Crippen LogP contribution in [0.4, 0.5) is 5.69 Å². The number of likely N-dealkylation sites (N-methyl/N-ethyl adjacent to an activating group) is 1. The van der Waals surface area contributed by atoms with Crippen LogP contribution in [0.5, 0.6) is 5.75 Å². The van der Waals surface area contributed by atoms with Gasteiger partial charge in [0.2, 0.25) is 10.0 Å². The van der Waals surface area contributed by atoms with Crippen LogP contribution in [0.15, 0.2) is 23.1 Å². The molecule has 0 aromatic heterocycles. The van der Waals surface area contributed by atoms with E-state index < -0.39 is 10.0 Å². The van der Waals surface area contributed by atoms with Crippen LogP contribution in [0, 0.1) is 0 Å². The summed E-state index contributed by atoms with van der Waals surface area (Å²) in [6.07, 6.45) is 0. The van der Waals surface area contributed by atoms with E-state index in [1.165, 1.54) is 16.3 Å². The maximum atomic E-state index is 12.7. The first kappa shape index (κ1) is 21.6. The molecule has 0 fully saturated rings. The Morgan fingerprint density at radius 2 is 1.92 bits per heavy atom. The molecule has 0 aliphatic carbocycles. The number of ether oxygens (including phenoxy) is 1. The number of nitrogens with zero attached hydrogens (tertiary/aromatic N) is 1. The lowest BCUT2D eigenvalue weighted by Gasteiger charge is -2.20. The highest BCUT2D eigenvalue weighted by molar-refractivity contribution is 7.89. The normalized spacial score (nSPS) is 11.6. The molecule has 0 heterocycles. The number of nitrogens with one attached hydrogen (secondary N) is 3. The topological polar surface area (TPSA) is 75.1 Å². The monoisotopic (exact) mass is 389 g/mol. The number of rotatable bonds is 9. The summed E-state index contributed by atoms with van der Waals surface area (Å²) in [5.41, 5.74) is 0.519. The quantitative estimate of drug-likeness (QED) is 0.523. The van der Waals surface area contributed by atoms with Crippen LogP contribution in [-0.4, -0.2) is 65.2 Å². The molecule has 0 unspecified atom stereocenters. The highest BCUT2D eigenvalue weighted by Gasteiger charge is 2.23. The zero-order valence-electron chi connectivity index (χ0n) is 15.5. The lowest BCUT2D eigenvalue weighted by atomic mass is 10.3. The molecule has 0 radical (unpaired) electrons. The minimum Gasteiger partial charge on any atom is -0.495 e. The van der Waals surface area contributed by atoms with E-state index >= 15 is 0 Å². The molecule has 1 rings (SSSR count). The molecule has 7 nitrogen and oxygen atoms in total. The molecule has 142 valence electrons. The molecule has 0 spiro atoms. The number of anilines is 1. The minimum atomic E-state index is -3.54. The van der Waals surface area contributed by atoms with Gasteiger partial charge in [-0.1, -0.05) is 13.8 Å². The first-order valence-electron chi connectivity index (χ1n) is 8.28. The van der Waals surface area contributed by atoms with Gasteiger partial charge in [0, 0.05) is 13.1 Å². The van der Waals surface area contributed by atoms with Crippen LogP contribution >= 0.6 is 12.2 Å². The number of sulfonamides is 1. The van der Waals surface area contributed by atoms with Crippen molar-refractivity contribution < 1.29 is 18.1 Å². The molecule has 0 aliphatic rings. The van der Waals surface area contributed by atoms with Crippen molar-refractivity contribution in [2.24, 2.45) is 0 Å². The summed E-state index contributed by atoms with van der Waals surface area (Å²) in [7, 11) is 2.11. The lowest BCUT2D eigenvalue weighted by molar-refractivity contribution is -0.856. The van der Waals surface area contributed by atoms with Crippen molar-refractivity contribution >= 4 is 33.0 Å². The summed E-state index contributed by atoms with van der Waals surface area (Å²) in [6.45, 7) is 6.09. The molecular formula is C16H29N4O3S2+. The van der Waals surface area contributed by atoms with Gasteiger partial charge >= 0.3 is 0 Å². The second-order valence-electron chi connectivity index (χ2n) is 5.79. The Hall–Kier alpha value is -1.42. The van der Waals surface area contributed by atoms with Crippen molar-refractivity contribution in [3.63, 3.8) is 0 Å². The third kappa shape index (κ3) is 6.10. The Bertz CT molecular complexity index is 674. The summed E-state index contributed by atoms with van der Waals surface area (Å²) >= 11 is 5.28. The Kier molecular flexibility index (Phi) is 8.57. The van der Waals surface area contributed by atoms with Crippen molar-refractivity contribution in [2.75, 3.05) is 52.7 Å². The van der Waals surface area contributed by atoms with Crippen molar-refractivity contribution in [3.05, 3.63) is 18.2 Å². The van der Waals surface area contributed by atoms with Gasteiger partial charge in [-0.3, -0.25) is 0 Å². The number of hydrogen-bond acceptors (Lipinski definition) is 4. The van der Waals surface area contributed by atoms with Crippen LogP contribution in [0.3, 0.4) is 0 Å². The molecule has 25 heavy (non-hydrogen) atoms. The number of methoxy groups -OCH3 is 1. The molecule has 0 atom stereocenters. The molecule has 0 saturated heterocycles. The number of quaternary nitrogens is 1. The Balaban J connectivity index is 3.01. The van der Waals surface area contributed by atoms with E-state index in [-0.39, 0.29) is 4.90 Å². The molecule has 3 N–H and O–H groups in total. The van der Waals surface area contributed by atoms with Crippen molar-refractivity contribution in [2.45, 2.75) is 18.7 Å². The zero-order valence-corrected chi connectivity index (χ0v) is 17.2. The van der Waals surface area contributed by atoms with Crippen LogP contribution in [0.25, 0.3) is 0 Å². The smallest absolute Gasteiger partial charge is 0.243 e. The largest absolute Gasteiger partial charge is 0.495 e. The van der Waals surface area contributed by atoms with Crippen molar-refractivity contribution in [1.29, 1.82) is 0 Å². The summed E-state index contributed by atoms with van der Waals surface area (Å²) in [5.74, 6) is 0.529. The van der Waals surface area contributed by atoms with Gasteiger partial charge in [-0.25, -0.2) is 8.42 Å². The van der Waals surface area contributed by atoms with Gasteiger partial charge < -0.3 is 20.3 Å². The van der Waals surface area contributed by atoms with Gasteiger partial charge in [-0.15, -0.1) is 0 Å². The molecule has 1 aromatic carbocycles.